The van der Waals surface area contributed by atoms with Gasteiger partial charge < -0.3 is 19.9 Å². The molecule has 1 fully saturated rings. The smallest absolute Gasteiger partial charge is 0.322 e. The Hall–Kier alpha value is -2.87. The highest BCUT2D eigenvalue weighted by molar-refractivity contribution is 5.92. The Morgan fingerprint density at radius 3 is 3.22 bits per heavy atom. The molecule has 0 radical (unpaired) electrons. The van der Waals surface area contributed by atoms with Gasteiger partial charge in [0.05, 0.1) is 13.2 Å². The predicted molar refractivity (Wildman–Crippen MR) is 84.0 cm³/mol. The maximum absolute atomic E-state index is 12.6. The Bertz CT molecular complexity index is 812. The highest BCUT2D eigenvalue weighted by Gasteiger charge is 2.30. The number of nitrogens with zero attached hydrogens (tertiary/aromatic N) is 3. The molecule has 3 heterocycles. The Balaban J connectivity index is 1.54. The highest BCUT2D eigenvalue weighted by Crippen LogP contribution is 2.23. The predicted octanol–water partition coefficient (Wildman–Crippen LogP) is 1.89. The van der Waals surface area contributed by atoms with E-state index in [0.717, 1.165) is 16.6 Å². The minimum absolute atomic E-state index is 0.180. The molecule has 1 atom stereocenters. The molecule has 118 valence electrons. The summed E-state index contributed by atoms with van der Waals surface area (Å²) in [6, 6.07) is 7.31. The molecule has 1 saturated heterocycles. The number of amides is 2. The summed E-state index contributed by atoms with van der Waals surface area (Å²) in [7, 11) is 0. The lowest BCUT2D eigenvalue weighted by Crippen LogP contribution is -2.45. The Morgan fingerprint density at radius 1 is 1.39 bits per heavy atom. The summed E-state index contributed by atoms with van der Waals surface area (Å²) >= 11 is 0. The van der Waals surface area contributed by atoms with E-state index in [4.69, 9.17) is 4.74 Å². The van der Waals surface area contributed by atoms with E-state index in [2.05, 4.69) is 25.5 Å². The second-order valence-corrected chi connectivity index (χ2v) is 5.36. The zero-order valence-electron chi connectivity index (χ0n) is 12.3. The Labute approximate surface area is 131 Å². The number of fused-ring (bicyclic) bond motifs is 1. The van der Waals surface area contributed by atoms with E-state index < -0.39 is 0 Å². The van der Waals surface area contributed by atoms with Crippen LogP contribution >= 0.6 is 0 Å². The van der Waals surface area contributed by atoms with Crippen molar-refractivity contribution in [3.05, 3.63) is 42.6 Å². The second-order valence-electron chi connectivity index (χ2n) is 5.36. The summed E-state index contributed by atoms with van der Waals surface area (Å²) in [4.78, 5) is 21.6. The number of urea groups is 1. The number of benzene rings is 1. The third-order valence-corrected chi connectivity index (χ3v) is 3.94. The van der Waals surface area contributed by atoms with Gasteiger partial charge in [-0.05, 0) is 23.6 Å². The SMILES string of the molecule is O=C(Nc1ccc2cc[nH]c2c1)N1CCOC[C@H]1c1ncn[nH]1. The van der Waals surface area contributed by atoms with Crippen molar-refractivity contribution >= 4 is 22.6 Å². The van der Waals surface area contributed by atoms with Crippen molar-refractivity contribution in [3.8, 4) is 0 Å². The number of rotatable bonds is 2. The molecule has 0 aliphatic carbocycles. The average Bonchev–Trinajstić information content (AvgIpc) is 3.26. The van der Waals surface area contributed by atoms with Crippen LogP contribution in [0.2, 0.25) is 0 Å². The lowest BCUT2D eigenvalue weighted by Gasteiger charge is -2.34. The van der Waals surface area contributed by atoms with Gasteiger partial charge in [-0.25, -0.2) is 9.78 Å². The van der Waals surface area contributed by atoms with Crippen molar-refractivity contribution in [1.29, 1.82) is 0 Å². The van der Waals surface area contributed by atoms with Crippen LogP contribution in [-0.4, -0.2) is 50.9 Å². The molecule has 1 aromatic carbocycles. The van der Waals surface area contributed by atoms with Crippen molar-refractivity contribution in [2.45, 2.75) is 6.04 Å². The number of carbonyl (C=O) groups is 1. The minimum atomic E-state index is -0.263. The molecule has 1 aliphatic rings. The first-order chi connectivity index (χ1) is 11.3. The molecular formula is C15H16N6O2. The van der Waals surface area contributed by atoms with Gasteiger partial charge in [-0.2, -0.15) is 5.10 Å². The van der Waals surface area contributed by atoms with Crippen LogP contribution in [0.5, 0.6) is 0 Å². The van der Waals surface area contributed by atoms with Gasteiger partial charge in [0.15, 0.2) is 0 Å². The van der Waals surface area contributed by atoms with Gasteiger partial charge in [0.2, 0.25) is 0 Å². The number of hydrogen-bond donors (Lipinski definition) is 3. The van der Waals surface area contributed by atoms with Gasteiger partial charge in [0, 0.05) is 23.9 Å². The summed E-state index contributed by atoms with van der Waals surface area (Å²) in [6.07, 6.45) is 3.30. The number of aromatic amines is 2. The molecule has 4 rings (SSSR count). The van der Waals surface area contributed by atoms with Crippen molar-refractivity contribution in [2.24, 2.45) is 0 Å². The normalized spacial score (nSPS) is 18.3. The van der Waals surface area contributed by atoms with Crippen molar-refractivity contribution in [2.75, 3.05) is 25.1 Å². The molecule has 23 heavy (non-hydrogen) atoms. The van der Waals surface area contributed by atoms with Crippen LogP contribution in [0.25, 0.3) is 10.9 Å². The van der Waals surface area contributed by atoms with Crippen LogP contribution in [0.1, 0.15) is 11.9 Å². The first kappa shape index (κ1) is 13.8. The quantitative estimate of drug-likeness (QED) is 0.673. The standard InChI is InChI=1S/C15H16N6O2/c22-15(19-11-2-1-10-3-4-16-12(10)7-11)21-5-6-23-8-13(21)14-17-9-18-20-14/h1-4,7,9,13,16H,5-6,8H2,(H,19,22)(H,17,18,20)/t13-/m0/s1. The molecule has 0 saturated carbocycles. The zero-order chi connectivity index (χ0) is 15.6. The molecule has 3 N–H and O–H groups in total. The number of H-pyrrole nitrogens is 2. The number of ether oxygens (including phenoxy) is 1. The summed E-state index contributed by atoms with van der Waals surface area (Å²) in [5.74, 6) is 0.625. The molecule has 0 spiro atoms. The molecule has 2 aromatic heterocycles. The van der Waals surface area contributed by atoms with Gasteiger partial charge in [-0.3, -0.25) is 5.10 Å². The van der Waals surface area contributed by atoms with E-state index in [1.54, 1.807) is 4.90 Å². The molecule has 3 aromatic rings. The number of morpholine rings is 1. The van der Waals surface area contributed by atoms with E-state index in [0.29, 0.717) is 25.6 Å². The Morgan fingerprint density at radius 2 is 2.35 bits per heavy atom. The third kappa shape index (κ3) is 2.64. The van der Waals surface area contributed by atoms with Gasteiger partial charge in [0.1, 0.15) is 18.2 Å². The summed E-state index contributed by atoms with van der Waals surface area (Å²) in [6.45, 7) is 1.41. The average molecular weight is 312 g/mol. The van der Waals surface area contributed by atoms with Gasteiger partial charge in [0.25, 0.3) is 0 Å². The first-order valence-electron chi connectivity index (χ1n) is 7.39. The monoisotopic (exact) mass is 312 g/mol. The van der Waals surface area contributed by atoms with Crippen molar-refractivity contribution < 1.29 is 9.53 Å². The molecular weight excluding hydrogens is 296 g/mol. The van der Waals surface area contributed by atoms with Crippen LogP contribution in [0.4, 0.5) is 10.5 Å². The Kier molecular flexibility index (Phi) is 3.43. The largest absolute Gasteiger partial charge is 0.377 e. The van der Waals surface area contributed by atoms with Crippen molar-refractivity contribution in [1.82, 2.24) is 25.1 Å². The lowest BCUT2D eigenvalue weighted by atomic mass is 10.2. The fourth-order valence-corrected chi connectivity index (χ4v) is 2.77. The summed E-state index contributed by atoms with van der Waals surface area (Å²) in [5, 5.41) is 10.7. The lowest BCUT2D eigenvalue weighted by molar-refractivity contribution is 0.0118. The third-order valence-electron chi connectivity index (χ3n) is 3.94. The maximum Gasteiger partial charge on any atom is 0.322 e. The van der Waals surface area contributed by atoms with E-state index in [9.17, 15) is 4.79 Å². The number of hydrogen-bond acceptors (Lipinski definition) is 4. The molecule has 1 aliphatic heterocycles. The van der Waals surface area contributed by atoms with Crippen molar-refractivity contribution in [3.63, 3.8) is 0 Å². The number of nitrogens with one attached hydrogen (secondary N) is 3. The van der Waals surface area contributed by atoms with Gasteiger partial charge in [-0.1, -0.05) is 6.07 Å². The maximum atomic E-state index is 12.6. The van der Waals surface area contributed by atoms with E-state index >= 15 is 0 Å². The van der Waals surface area contributed by atoms with E-state index in [1.165, 1.54) is 6.33 Å². The number of anilines is 1. The fraction of sp³-hybridized carbons (Fsp3) is 0.267. The first-order valence-corrected chi connectivity index (χ1v) is 7.39. The topological polar surface area (TPSA) is 98.9 Å². The van der Waals surface area contributed by atoms with Crippen LogP contribution in [0.3, 0.4) is 0 Å². The summed E-state index contributed by atoms with van der Waals surface area (Å²) in [5.41, 5.74) is 1.73. The highest BCUT2D eigenvalue weighted by atomic mass is 16.5. The molecule has 0 bridgehead atoms. The molecule has 2 amide bonds. The van der Waals surface area contributed by atoms with E-state index in [1.807, 2.05) is 30.5 Å². The second kappa shape index (κ2) is 5.73. The molecule has 0 unspecified atom stereocenters. The van der Waals surface area contributed by atoms with Gasteiger partial charge >= 0.3 is 6.03 Å². The molecule has 8 heteroatoms. The zero-order valence-corrected chi connectivity index (χ0v) is 12.3. The molecule has 8 nitrogen and oxygen atoms in total. The van der Waals surface area contributed by atoms with Crippen LogP contribution < -0.4 is 5.32 Å². The fourth-order valence-electron chi connectivity index (χ4n) is 2.77. The van der Waals surface area contributed by atoms with Gasteiger partial charge in [-0.15, -0.1) is 0 Å². The number of aromatic nitrogens is 4. The van der Waals surface area contributed by atoms with E-state index in [-0.39, 0.29) is 12.1 Å². The van der Waals surface area contributed by atoms with Crippen LogP contribution in [0.15, 0.2) is 36.8 Å². The van der Waals surface area contributed by atoms with Crippen LogP contribution in [0, 0.1) is 0 Å². The van der Waals surface area contributed by atoms with Crippen LogP contribution in [-0.2, 0) is 4.74 Å². The number of carbonyl (C=O) groups excluding carboxylic acids is 1. The minimum Gasteiger partial charge on any atom is -0.377 e. The summed E-state index contributed by atoms with van der Waals surface area (Å²) < 4.78 is 5.47.